The normalized spacial score (nSPS) is 19.6. The van der Waals surface area contributed by atoms with Crippen molar-refractivity contribution in [2.75, 3.05) is 19.7 Å². The van der Waals surface area contributed by atoms with Crippen molar-refractivity contribution in [1.29, 1.82) is 5.41 Å². The molecule has 0 spiro atoms. The van der Waals surface area contributed by atoms with Crippen LogP contribution >= 0.6 is 0 Å². The highest BCUT2D eigenvalue weighted by molar-refractivity contribution is 5.86. The molecule has 150 valence electrons. The molecule has 1 amide bonds. The van der Waals surface area contributed by atoms with Crippen LogP contribution < -0.4 is 11.1 Å². The second-order valence-corrected chi connectivity index (χ2v) is 7.60. The van der Waals surface area contributed by atoms with Crippen LogP contribution in [-0.4, -0.2) is 58.0 Å². The molecular formula is C20H28N6O2. The fraction of sp³-hybridized carbons (Fsp3) is 0.550. The lowest BCUT2D eigenvalue weighted by Crippen LogP contribution is -2.49. The molecule has 28 heavy (non-hydrogen) atoms. The standard InChI is InChI=1S/C20H28N6O2/c21-18(27)4-2-9-25-12-14(16-3-1-7-24-20(16)25)13-26(15-5-6-15)19(22)17-11-23-8-10-28-17/h1,3,7,12,15,17,22-23H,2,4-6,8-11,13H2,(H2,21,27). The van der Waals surface area contributed by atoms with Gasteiger partial charge in [-0.15, -0.1) is 0 Å². The molecule has 1 unspecified atom stereocenters. The van der Waals surface area contributed by atoms with Gasteiger partial charge in [0.05, 0.1) is 6.61 Å². The van der Waals surface area contributed by atoms with Crippen molar-refractivity contribution in [3.8, 4) is 0 Å². The Bertz CT molecular complexity index is 853. The molecule has 1 saturated heterocycles. The van der Waals surface area contributed by atoms with Crippen molar-refractivity contribution in [2.24, 2.45) is 5.73 Å². The maximum Gasteiger partial charge on any atom is 0.217 e. The Kier molecular flexibility index (Phi) is 5.59. The molecule has 3 heterocycles. The van der Waals surface area contributed by atoms with E-state index in [2.05, 4.69) is 32.0 Å². The van der Waals surface area contributed by atoms with Crippen LogP contribution in [0.4, 0.5) is 0 Å². The molecule has 2 aliphatic rings. The van der Waals surface area contributed by atoms with Gasteiger partial charge in [-0.3, -0.25) is 10.2 Å². The summed E-state index contributed by atoms with van der Waals surface area (Å²) in [6.07, 6.45) is 7.03. The zero-order valence-electron chi connectivity index (χ0n) is 16.1. The van der Waals surface area contributed by atoms with Crippen LogP contribution in [0.3, 0.4) is 0 Å². The van der Waals surface area contributed by atoms with Gasteiger partial charge in [-0.2, -0.15) is 0 Å². The number of rotatable bonds is 8. The number of aromatic nitrogens is 2. The maximum atomic E-state index is 11.1. The molecule has 4 rings (SSSR count). The van der Waals surface area contributed by atoms with Gasteiger partial charge >= 0.3 is 0 Å². The van der Waals surface area contributed by atoms with Gasteiger partial charge in [-0.1, -0.05) is 0 Å². The number of carbonyl (C=O) groups excluding carboxylic acids is 1. The van der Waals surface area contributed by atoms with Crippen LogP contribution in [-0.2, 0) is 22.6 Å². The third-order valence-electron chi connectivity index (χ3n) is 5.41. The van der Waals surface area contributed by atoms with E-state index in [1.54, 1.807) is 6.20 Å². The Hall–Kier alpha value is -2.45. The number of hydrogen-bond acceptors (Lipinski definition) is 5. The predicted octanol–water partition coefficient (Wildman–Crippen LogP) is 1.23. The molecular weight excluding hydrogens is 356 g/mol. The summed E-state index contributed by atoms with van der Waals surface area (Å²) in [5.74, 6) is 0.285. The van der Waals surface area contributed by atoms with E-state index in [-0.39, 0.29) is 12.0 Å². The number of hydrogen-bond donors (Lipinski definition) is 3. The molecule has 0 radical (unpaired) electrons. The summed E-state index contributed by atoms with van der Waals surface area (Å²) in [6.45, 7) is 3.56. The molecule has 2 aromatic heterocycles. The number of nitrogens with zero attached hydrogens (tertiary/aromatic N) is 3. The Morgan fingerprint density at radius 3 is 3.04 bits per heavy atom. The van der Waals surface area contributed by atoms with Crippen LogP contribution in [0.2, 0.25) is 0 Å². The number of carbonyl (C=O) groups is 1. The lowest BCUT2D eigenvalue weighted by molar-refractivity contribution is -0.118. The van der Waals surface area contributed by atoms with Crippen LogP contribution in [0, 0.1) is 5.41 Å². The number of primary amides is 1. The predicted molar refractivity (Wildman–Crippen MR) is 107 cm³/mol. The van der Waals surface area contributed by atoms with E-state index in [4.69, 9.17) is 15.9 Å². The molecule has 1 aliphatic carbocycles. The van der Waals surface area contributed by atoms with E-state index < -0.39 is 0 Å². The van der Waals surface area contributed by atoms with Crippen LogP contribution in [0.15, 0.2) is 24.5 Å². The Balaban J connectivity index is 1.55. The smallest absolute Gasteiger partial charge is 0.217 e. The number of pyridine rings is 1. The SMILES string of the molecule is N=C(C1CNCCO1)N(Cc1cn(CCCC(N)=O)c2ncccc12)C1CC1. The first kappa shape index (κ1) is 18.9. The minimum Gasteiger partial charge on any atom is -0.370 e. The number of amidine groups is 1. The summed E-state index contributed by atoms with van der Waals surface area (Å²) < 4.78 is 7.91. The number of amides is 1. The molecule has 1 saturated carbocycles. The maximum absolute atomic E-state index is 11.1. The minimum atomic E-state index is -0.279. The molecule has 0 aromatic carbocycles. The average Bonchev–Trinajstić information content (AvgIpc) is 3.49. The van der Waals surface area contributed by atoms with Gasteiger partial charge < -0.3 is 25.3 Å². The zero-order chi connectivity index (χ0) is 19.5. The first-order chi connectivity index (χ1) is 13.6. The number of ether oxygens (including phenoxy) is 1. The van der Waals surface area contributed by atoms with Crippen LogP contribution in [0.25, 0.3) is 11.0 Å². The van der Waals surface area contributed by atoms with E-state index >= 15 is 0 Å². The van der Waals surface area contributed by atoms with Crippen LogP contribution in [0.1, 0.15) is 31.2 Å². The quantitative estimate of drug-likeness (QED) is 0.468. The number of morpholine rings is 1. The first-order valence-electron chi connectivity index (χ1n) is 10.0. The summed E-state index contributed by atoms with van der Waals surface area (Å²) in [5.41, 5.74) is 7.35. The fourth-order valence-electron chi connectivity index (χ4n) is 3.82. The van der Waals surface area contributed by atoms with E-state index in [0.29, 0.717) is 51.0 Å². The summed E-state index contributed by atoms with van der Waals surface area (Å²) in [7, 11) is 0. The number of nitrogens with two attached hydrogens (primary N) is 1. The van der Waals surface area contributed by atoms with Crippen molar-refractivity contribution in [1.82, 2.24) is 19.8 Å². The molecule has 2 aromatic rings. The van der Waals surface area contributed by atoms with E-state index in [9.17, 15) is 4.79 Å². The van der Waals surface area contributed by atoms with Crippen LogP contribution in [0.5, 0.6) is 0 Å². The summed E-state index contributed by atoms with van der Waals surface area (Å²) >= 11 is 0. The van der Waals surface area contributed by atoms with Gasteiger partial charge in [-0.25, -0.2) is 4.98 Å². The molecule has 2 fully saturated rings. The number of aryl methyl sites for hydroxylation is 1. The molecule has 0 bridgehead atoms. The van der Waals surface area contributed by atoms with E-state index in [1.807, 2.05) is 6.07 Å². The van der Waals surface area contributed by atoms with Gasteiger partial charge in [0.15, 0.2) is 0 Å². The zero-order valence-corrected chi connectivity index (χ0v) is 16.1. The van der Waals surface area contributed by atoms with Gasteiger partial charge in [0.1, 0.15) is 17.6 Å². The Morgan fingerprint density at radius 2 is 2.32 bits per heavy atom. The molecule has 1 aliphatic heterocycles. The Morgan fingerprint density at radius 1 is 1.46 bits per heavy atom. The second kappa shape index (κ2) is 8.28. The van der Waals surface area contributed by atoms with Gasteiger partial charge in [0.25, 0.3) is 0 Å². The molecule has 1 atom stereocenters. The topological polar surface area (TPSA) is 109 Å². The van der Waals surface area contributed by atoms with Crippen molar-refractivity contribution < 1.29 is 9.53 Å². The van der Waals surface area contributed by atoms with Gasteiger partial charge in [-0.05, 0) is 37.0 Å². The summed E-state index contributed by atoms with van der Waals surface area (Å²) in [4.78, 5) is 17.8. The summed E-state index contributed by atoms with van der Waals surface area (Å²) in [6, 6.07) is 4.44. The van der Waals surface area contributed by atoms with E-state index in [1.165, 1.54) is 0 Å². The van der Waals surface area contributed by atoms with Gasteiger partial charge in [0, 0.05) is 56.4 Å². The van der Waals surface area contributed by atoms with Crippen molar-refractivity contribution >= 4 is 22.8 Å². The molecule has 8 nitrogen and oxygen atoms in total. The highest BCUT2D eigenvalue weighted by atomic mass is 16.5. The van der Waals surface area contributed by atoms with E-state index in [0.717, 1.165) is 36.0 Å². The minimum absolute atomic E-state index is 0.184. The largest absolute Gasteiger partial charge is 0.370 e. The molecule has 4 N–H and O–H groups in total. The average molecular weight is 384 g/mol. The van der Waals surface area contributed by atoms with Gasteiger partial charge in [0.2, 0.25) is 5.91 Å². The highest BCUT2D eigenvalue weighted by Crippen LogP contribution is 2.31. The highest BCUT2D eigenvalue weighted by Gasteiger charge is 2.35. The first-order valence-corrected chi connectivity index (χ1v) is 10.0. The monoisotopic (exact) mass is 384 g/mol. The third-order valence-corrected chi connectivity index (χ3v) is 5.41. The second-order valence-electron chi connectivity index (χ2n) is 7.60. The lowest BCUT2D eigenvalue weighted by atomic mass is 10.2. The summed E-state index contributed by atoms with van der Waals surface area (Å²) in [5, 5.41) is 13.1. The Labute approximate surface area is 164 Å². The third kappa shape index (κ3) is 4.18. The lowest BCUT2D eigenvalue weighted by Gasteiger charge is -2.32. The fourth-order valence-corrected chi connectivity index (χ4v) is 3.82. The number of nitrogens with one attached hydrogen (secondary N) is 2. The molecule has 8 heteroatoms. The number of fused-ring (bicyclic) bond motifs is 1. The van der Waals surface area contributed by atoms with Crippen molar-refractivity contribution in [3.63, 3.8) is 0 Å². The van der Waals surface area contributed by atoms with Crippen molar-refractivity contribution in [3.05, 3.63) is 30.1 Å². The van der Waals surface area contributed by atoms with Crippen molar-refractivity contribution in [2.45, 2.75) is 50.9 Å².